The van der Waals surface area contributed by atoms with Crippen LogP contribution in [0.25, 0.3) is 11.0 Å². The van der Waals surface area contributed by atoms with Crippen LogP contribution >= 0.6 is 0 Å². The third kappa shape index (κ3) is 7.99. The van der Waals surface area contributed by atoms with Gasteiger partial charge >= 0.3 is 11.9 Å². The summed E-state index contributed by atoms with van der Waals surface area (Å²) in [5, 5.41) is 15.6. The number of imidazole rings is 1. The molecule has 3 aromatic carbocycles. The lowest BCUT2D eigenvalue weighted by molar-refractivity contribution is -0.134. The number of aliphatic carboxylic acids is 2. The summed E-state index contributed by atoms with van der Waals surface area (Å²) < 4.78 is 2.35. The number of benzene rings is 3. The van der Waals surface area contributed by atoms with E-state index >= 15 is 0 Å². The molecule has 2 aliphatic heterocycles. The van der Waals surface area contributed by atoms with Gasteiger partial charge in [0.15, 0.2) is 0 Å². The second-order valence-corrected chi connectivity index (χ2v) is 11.2. The number of fused-ring (bicyclic) bond motifs is 1. The fourth-order valence-corrected chi connectivity index (χ4v) is 6.00. The first-order valence-electron chi connectivity index (χ1n) is 15.1. The zero-order valence-corrected chi connectivity index (χ0v) is 24.7. The number of aryl methyl sites for hydroxylation is 2. The van der Waals surface area contributed by atoms with Gasteiger partial charge in [0, 0.05) is 49.8 Å². The Kier molecular flexibility index (Phi) is 10.2. The number of carbonyl (C=O) groups excluding carboxylic acids is 1. The number of aromatic nitrogens is 2. The van der Waals surface area contributed by atoms with Crippen LogP contribution in [-0.2, 0) is 29.0 Å². The predicted molar refractivity (Wildman–Crippen MR) is 169 cm³/mol. The van der Waals surface area contributed by atoms with Gasteiger partial charge in [0.2, 0.25) is 0 Å². The molecular formula is C35H38N4O5. The average Bonchev–Trinajstić information content (AvgIpc) is 3.80. The Bertz CT molecular complexity index is 1590. The van der Waals surface area contributed by atoms with Crippen molar-refractivity contribution in [3.05, 3.63) is 114 Å². The molecule has 228 valence electrons. The number of likely N-dealkylation sites (tertiary alicyclic amines) is 2. The van der Waals surface area contributed by atoms with E-state index in [1.54, 1.807) is 0 Å². The highest BCUT2D eigenvalue weighted by atomic mass is 16.4. The molecule has 2 fully saturated rings. The number of nitrogens with zero attached hydrogens (tertiary/aromatic N) is 4. The molecule has 4 aromatic rings. The Morgan fingerprint density at radius 2 is 1.45 bits per heavy atom. The Hall–Kier alpha value is -4.76. The van der Waals surface area contributed by atoms with Crippen LogP contribution in [0.2, 0.25) is 0 Å². The molecular weight excluding hydrogens is 556 g/mol. The molecule has 1 aromatic heterocycles. The first-order valence-corrected chi connectivity index (χ1v) is 15.1. The van der Waals surface area contributed by atoms with Gasteiger partial charge in [-0.15, -0.1) is 0 Å². The number of hydrogen-bond donors (Lipinski definition) is 2. The van der Waals surface area contributed by atoms with Gasteiger partial charge in [0.1, 0.15) is 5.82 Å². The van der Waals surface area contributed by atoms with Gasteiger partial charge in [0.05, 0.1) is 11.0 Å². The van der Waals surface area contributed by atoms with Crippen molar-refractivity contribution in [2.75, 3.05) is 26.2 Å². The predicted octanol–water partition coefficient (Wildman–Crippen LogP) is 4.89. The molecule has 2 saturated heterocycles. The quantitative estimate of drug-likeness (QED) is 0.265. The maximum absolute atomic E-state index is 13.2. The summed E-state index contributed by atoms with van der Waals surface area (Å²) in [5.74, 6) is -1.28. The minimum atomic E-state index is -1.26. The van der Waals surface area contributed by atoms with Crippen LogP contribution in [0, 0.1) is 0 Å². The van der Waals surface area contributed by atoms with E-state index in [1.807, 2.05) is 23.1 Å². The highest BCUT2D eigenvalue weighted by molar-refractivity contribution is 5.94. The number of carboxylic acids is 2. The van der Waals surface area contributed by atoms with Crippen LogP contribution in [0.15, 0.2) is 91.0 Å². The van der Waals surface area contributed by atoms with Crippen LogP contribution in [0.1, 0.15) is 46.6 Å². The summed E-state index contributed by atoms with van der Waals surface area (Å²) in [4.78, 5) is 41.8. The Morgan fingerprint density at radius 3 is 2.14 bits per heavy atom. The van der Waals surface area contributed by atoms with Crippen LogP contribution in [0.3, 0.4) is 0 Å². The molecule has 9 nitrogen and oxygen atoms in total. The zero-order chi connectivity index (χ0) is 30.9. The molecule has 0 spiro atoms. The second kappa shape index (κ2) is 14.6. The van der Waals surface area contributed by atoms with E-state index in [2.05, 4.69) is 70.1 Å². The Balaban J connectivity index is 0.000000426. The molecule has 0 radical (unpaired) electrons. The summed E-state index contributed by atoms with van der Waals surface area (Å²) in [7, 11) is 0. The maximum Gasteiger partial charge on any atom is 0.328 e. The normalized spacial score (nSPS) is 16.7. The fourth-order valence-electron chi connectivity index (χ4n) is 6.00. The van der Waals surface area contributed by atoms with Crippen LogP contribution in [0.5, 0.6) is 0 Å². The first kappa shape index (κ1) is 30.7. The first-order chi connectivity index (χ1) is 21.4. The van der Waals surface area contributed by atoms with Gasteiger partial charge in [-0.2, -0.15) is 0 Å². The molecule has 3 heterocycles. The molecule has 1 atom stereocenters. The lowest BCUT2D eigenvalue weighted by atomic mass is 10.1. The van der Waals surface area contributed by atoms with E-state index in [1.165, 1.54) is 42.6 Å². The molecule has 0 unspecified atom stereocenters. The van der Waals surface area contributed by atoms with Crippen molar-refractivity contribution in [3.63, 3.8) is 0 Å². The van der Waals surface area contributed by atoms with Crippen LogP contribution < -0.4 is 0 Å². The number of carbonyl (C=O) groups is 3. The number of amides is 1. The Labute approximate surface area is 257 Å². The van der Waals surface area contributed by atoms with Gasteiger partial charge in [0.25, 0.3) is 5.91 Å². The summed E-state index contributed by atoms with van der Waals surface area (Å²) in [6.07, 6.45) is 6.53. The minimum absolute atomic E-state index is 0.165. The monoisotopic (exact) mass is 594 g/mol. The number of rotatable bonds is 9. The third-order valence-corrected chi connectivity index (χ3v) is 8.24. The molecule has 44 heavy (non-hydrogen) atoms. The standard InChI is InChI=1S/C31H34N4O.C4H4O4/c36-31(34-20-17-27(23-34)33-18-6-7-19-33)26-14-12-25(13-15-26)22-30-32-28-10-4-5-11-29(28)35(30)21-16-24-8-2-1-3-9-24;5-3(6)1-2-4(7)8/h1-5,8-15,27H,6-7,16-23H2;1-2H,(H,5,6)(H,7,8)/t27-;/m0./s1. The van der Waals surface area contributed by atoms with Gasteiger partial charge in [-0.05, 0) is 74.2 Å². The molecule has 0 bridgehead atoms. The number of para-hydroxylation sites is 2. The van der Waals surface area contributed by atoms with Crippen molar-refractivity contribution in [1.82, 2.24) is 19.4 Å². The minimum Gasteiger partial charge on any atom is -0.478 e. The zero-order valence-electron chi connectivity index (χ0n) is 24.7. The van der Waals surface area contributed by atoms with Crippen LogP contribution in [-0.4, -0.2) is 79.6 Å². The van der Waals surface area contributed by atoms with E-state index in [-0.39, 0.29) is 5.91 Å². The summed E-state index contributed by atoms with van der Waals surface area (Å²) >= 11 is 0. The largest absolute Gasteiger partial charge is 0.478 e. The van der Waals surface area contributed by atoms with Gasteiger partial charge in [-0.25, -0.2) is 14.6 Å². The molecule has 2 aliphatic rings. The van der Waals surface area contributed by atoms with Gasteiger partial charge < -0.3 is 19.7 Å². The Morgan fingerprint density at radius 1 is 0.795 bits per heavy atom. The SMILES string of the molecule is O=C(O)C=CC(=O)O.O=C(c1ccc(Cc2nc3ccccc3n2CCc2ccccc2)cc1)N1CC[C@H](N2CCCC2)C1. The van der Waals surface area contributed by atoms with Crippen molar-refractivity contribution in [2.45, 2.75) is 44.7 Å². The molecule has 1 amide bonds. The van der Waals surface area contributed by atoms with Crippen molar-refractivity contribution < 1.29 is 24.6 Å². The summed E-state index contributed by atoms with van der Waals surface area (Å²) in [5.41, 5.74) is 5.52. The second-order valence-electron chi connectivity index (χ2n) is 11.2. The van der Waals surface area contributed by atoms with Crippen LogP contribution in [0.4, 0.5) is 0 Å². The van der Waals surface area contributed by atoms with Gasteiger partial charge in [-0.3, -0.25) is 9.69 Å². The molecule has 0 saturated carbocycles. The molecule has 2 N–H and O–H groups in total. The van der Waals surface area contributed by atoms with E-state index < -0.39 is 11.9 Å². The molecule has 9 heteroatoms. The average molecular weight is 595 g/mol. The van der Waals surface area contributed by atoms with Crippen molar-refractivity contribution in [1.29, 1.82) is 0 Å². The van der Waals surface area contributed by atoms with Gasteiger partial charge in [-0.1, -0.05) is 54.6 Å². The highest BCUT2D eigenvalue weighted by Gasteiger charge is 2.31. The number of carboxylic acid groups (broad SMARTS) is 2. The molecule has 0 aliphatic carbocycles. The van der Waals surface area contributed by atoms with E-state index in [4.69, 9.17) is 15.2 Å². The summed E-state index contributed by atoms with van der Waals surface area (Å²) in [6.45, 7) is 5.01. The topological polar surface area (TPSA) is 116 Å². The van der Waals surface area contributed by atoms with Crippen molar-refractivity contribution in [3.8, 4) is 0 Å². The highest BCUT2D eigenvalue weighted by Crippen LogP contribution is 2.23. The maximum atomic E-state index is 13.2. The van der Waals surface area contributed by atoms with E-state index in [0.29, 0.717) is 18.2 Å². The van der Waals surface area contributed by atoms with E-state index in [9.17, 15) is 14.4 Å². The molecule has 6 rings (SSSR count). The van der Waals surface area contributed by atoms with Crippen molar-refractivity contribution >= 4 is 28.9 Å². The fraction of sp³-hybridized carbons (Fsp3) is 0.314. The third-order valence-electron chi connectivity index (χ3n) is 8.24. The lowest BCUT2D eigenvalue weighted by Gasteiger charge is -2.23. The van der Waals surface area contributed by atoms with Crippen molar-refractivity contribution in [2.24, 2.45) is 0 Å². The van der Waals surface area contributed by atoms with E-state index in [0.717, 1.165) is 55.8 Å². The smallest absolute Gasteiger partial charge is 0.328 e. The summed E-state index contributed by atoms with van der Waals surface area (Å²) in [6, 6.07) is 27.7. The lowest BCUT2D eigenvalue weighted by Crippen LogP contribution is -2.37. The number of hydrogen-bond acceptors (Lipinski definition) is 5.